The Morgan fingerprint density at radius 3 is 2.18 bits per heavy atom. The van der Waals surface area contributed by atoms with Crippen molar-refractivity contribution in [3.8, 4) is 6.07 Å². The summed E-state index contributed by atoms with van der Waals surface area (Å²) in [5.74, 6) is 2.44. The summed E-state index contributed by atoms with van der Waals surface area (Å²) < 4.78 is 26.1. The van der Waals surface area contributed by atoms with Crippen LogP contribution in [0.3, 0.4) is 0 Å². The molecule has 0 saturated heterocycles. The SMILES string of the molecule is N#Cc1ccc([C@H]2CC[C@H](CC[C@H]3CC[C@H](/C=C/CCF)CC3)CC2)cc1F. The third-order valence-electron chi connectivity index (χ3n) is 6.99. The maximum atomic E-state index is 13.9. The summed E-state index contributed by atoms with van der Waals surface area (Å²) in [5, 5.41) is 8.88. The van der Waals surface area contributed by atoms with Gasteiger partial charge < -0.3 is 0 Å². The third-order valence-corrected chi connectivity index (χ3v) is 6.99. The van der Waals surface area contributed by atoms with Gasteiger partial charge in [-0.3, -0.25) is 4.39 Å². The Hall–Kier alpha value is -1.69. The third kappa shape index (κ3) is 5.90. The zero-order valence-corrected chi connectivity index (χ0v) is 16.9. The zero-order chi connectivity index (χ0) is 19.8. The first-order chi connectivity index (χ1) is 13.7. The number of nitriles is 1. The highest BCUT2D eigenvalue weighted by molar-refractivity contribution is 5.34. The Labute approximate surface area is 168 Å². The highest BCUT2D eigenvalue weighted by Crippen LogP contribution is 2.40. The number of halogens is 2. The molecule has 0 amide bonds. The molecule has 0 N–H and O–H groups in total. The Morgan fingerprint density at radius 1 is 0.964 bits per heavy atom. The summed E-state index contributed by atoms with van der Waals surface area (Å²) in [4.78, 5) is 0. The molecule has 0 radical (unpaired) electrons. The predicted molar refractivity (Wildman–Crippen MR) is 110 cm³/mol. The quantitative estimate of drug-likeness (QED) is 0.446. The molecule has 3 heteroatoms. The van der Waals surface area contributed by atoms with Crippen LogP contribution in [0.25, 0.3) is 0 Å². The molecule has 0 bridgehead atoms. The number of alkyl halides is 1. The van der Waals surface area contributed by atoms with E-state index in [-0.39, 0.29) is 18.1 Å². The fraction of sp³-hybridized carbons (Fsp3) is 0.640. The van der Waals surface area contributed by atoms with E-state index in [4.69, 9.17) is 5.26 Å². The molecule has 3 rings (SSSR count). The normalized spacial score (nSPS) is 28.3. The van der Waals surface area contributed by atoms with E-state index in [9.17, 15) is 8.78 Å². The van der Waals surface area contributed by atoms with Crippen LogP contribution in [-0.2, 0) is 0 Å². The number of nitrogens with zero attached hydrogens (tertiary/aromatic N) is 1. The lowest BCUT2D eigenvalue weighted by Crippen LogP contribution is -2.17. The van der Waals surface area contributed by atoms with Crippen molar-refractivity contribution in [3.63, 3.8) is 0 Å². The summed E-state index contributed by atoms with van der Waals surface area (Å²) in [5.41, 5.74) is 1.21. The molecule has 0 spiro atoms. The fourth-order valence-corrected chi connectivity index (χ4v) is 5.15. The topological polar surface area (TPSA) is 23.8 Å². The summed E-state index contributed by atoms with van der Waals surface area (Å²) >= 11 is 0. The lowest BCUT2D eigenvalue weighted by molar-refractivity contribution is 0.246. The summed E-state index contributed by atoms with van der Waals surface area (Å²) in [6.45, 7) is -0.242. The van der Waals surface area contributed by atoms with Crippen LogP contribution in [0.15, 0.2) is 30.4 Å². The molecule has 2 aliphatic carbocycles. The van der Waals surface area contributed by atoms with Crippen molar-refractivity contribution < 1.29 is 8.78 Å². The fourth-order valence-electron chi connectivity index (χ4n) is 5.15. The largest absolute Gasteiger partial charge is 0.251 e. The maximum absolute atomic E-state index is 13.9. The molecule has 0 aromatic heterocycles. The standard InChI is InChI=1S/C25H33F2N/c26-16-2-1-3-19-4-6-20(7-5-19)8-9-21-10-12-22(13-11-21)23-14-15-24(18-28)25(27)17-23/h1,3,14-15,17,19-22H,2,4-13,16H2/b3-1+/t19-,20-,21-,22-. The molecule has 1 nitrogen and oxygen atoms in total. The van der Waals surface area contributed by atoms with Gasteiger partial charge in [-0.2, -0.15) is 5.26 Å². The monoisotopic (exact) mass is 385 g/mol. The summed E-state index contributed by atoms with van der Waals surface area (Å²) in [6, 6.07) is 7.04. The van der Waals surface area contributed by atoms with Crippen molar-refractivity contribution in [3.05, 3.63) is 47.3 Å². The van der Waals surface area contributed by atoms with Crippen LogP contribution in [0, 0.1) is 34.9 Å². The molecule has 0 heterocycles. The highest BCUT2D eigenvalue weighted by atomic mass is 19.1. The van der Waals surface area contributed by atoms with E-state index in [0.717, 1.165) is 30.2 Å². The maximum Gasteiger partial charge on any atom is 0.141 e. The van der Waals surface area contributed by atoms with E-state index in [2.05, 4.69) is 6.08 Å². The van der Waals surface area contributed by atoms with Gasteiger partial charge in [-0.25, -0.2) is 4.39 Å². The second-order valence-corrected chi connectivity index (χ2v) is 8.83. The molecular weight excluding hydrogens is 352 g/mol. The smallest absolute Gasteiger partial charge is 0.141 e. The van der Waals surface area contributed by atoms with Crippen LogP contribution >= 0.6 is 0 Å². The van der Waals surface area contributed by atoms with Crippen molar-refractivity contribution in [1.82, 2.24) is 0 Å². The van der Waals surface area contributed by atoms with Crippen molar-refractivity contribution in [1.29, 1.82) is 5.26 Å². The minimum absolute atomic E-state index is 0.144. The first-order valence-electron chi connectivity index (χ1n) is 11.1. The van der Waals surface area contributed by atoms with E-state index in [1.165, 1.54) is 51.4 Å². The molecule has 2 fully saturated rings. The van der Waals surface area contributed by atoms with Gasteiger partial charge in [0.05, 0.1) is 12.2 Å². The molecular formula is C25H33F2N. The minimum Gasteiger partial charge on any atom is -0.251 e. The van der Waals surface area contributed by atoms with Crippen LogP contribution in [0.2, 0.25) is 0 Å². The Morgan fingerprint density at radius 2 is 1.61 bits per heavy atom. The molecule has 2 saturated carbocycles. The first-order valence-corrected chi connectivity index (χ1v) is 11.1. The van der Waals surface area contributed by atoms with Gasteiger partial charge in [-0.05, 0) is 99.2 Å². The summed E-state index contributed by atoms with van der Waals surface area (Å²) in [7, 11) is 0. The molecule has 0 aliphatic heterocycles. The Bertz CT molecular complexity index is 674. The number of benzene rings is 1. The lowest BCUT2D eigenvalue weighted by Gasteiger charge is -2.31. The summed E-state index contributed by atoms with van der Waals surface area (Å²) in [6.07, 6.45) is 17.5. The van der Waals surface area contributed by atoms with Gasteiger partial charge in [0.2, 0.25) is 0 Å². The molecule has 1 aromatic carbocycles. The molecule has 0 unspecified atom stereocenters. The van der Waals surface area contributed by atoms with E-state index in [0.29, 0.717) is 18.3 Å². The van der Waals surface area contributed by atoms with Gasteiger partial charge in [0.15, 0.2) is 0 Å². The molecule has 152 valence electrons. The van der Waals surface area contributed by atoms with E-state index >= 15 is 0 Å². The van der Waals surface area contributed by atoms with E-state index in [1.807, 2.05) is 18.2 Å². The molecule has 2 aliphatic rings. The van der Waals surface area contributed by atoms with Crippen LogP contribution < -0.4 is 0 Å². The van der Waals surface area contributed by atoms with Crippen LogP contribution in [-0.4, -0.2) is 6.67 Å². The van der Waals surface area contributed by atoms with E-state index in [1.54, 1.807) is 12.1 Å². The van der Waals surface area contributed by atoms with Gasteiger partial charge in [-0.15, -0.1) is 0 Å². The predicted octanol–water partition coefficient (Wildman–Crippen LogP) is 7.47. The lowest BCUT2D eigenvalue weighted by atomic mass is 9.74. The number of allylic oxidation sites excluding steroid dienone is 2. The second-order valence-electron chi connectivity index (χ2n) is 8.83. The van der Waals surface area contributed by atoms with Gasteiger partial charge in [0.1, 0.15) is 11.9 Å². The average Bonchev–Trinajstić information content (AvgIpc) is 2.74. The minimum atomic E-state index is -0.378. The van der Waals surface area contributed by atoms with Crippen LogP contribution in [0.4, 0.5) is 8.78 Å². The number of hydrogen-bond acceptors (Lipinski definition) is 1. The average molecular weight is 386 g/mol. The van der Waals surface area contributed by atoms with Crippen LogP contribution in [0.5, 0.6) is 0 Å². The van der Waals surface area contributed by atoms with Gasteiger partial charge >= 0.3 is 0 Å². The van der Waals surface area contributed by atoms with E-state index < -0.39 is 0 Å². The van der Waals surface area contributed by atoms with Crippen molar-refractivity contribution >= 4 is 0 Å². The van der Waals surface area contributed by atoms with Crippen molar-refractivity contribution in [2.45, 2.75) is 76.5 Å². The molecule has 0 atom stereocenters. The highest BCUT2D eigenvalue weighted by Gasteiger charge is 2.25. The van der Waals surface area contributed by atoms with Gasteiger partial charge in [0, 0.05) is 0 Å². The van der Waals surface area contributed by atoms with Crippen LogP contribution in [0.1, 0.15) is 87.7 Å². The van der Waals surface area contributed by atoms with Crippen molar-refractivity contribution in [2.24, 2.45) is 17.8 Å². The molecule has 1 aromatic rings. The van der Waals surface area contributed by atoms with Crippen molar-refractivity contribution in [2.75, 3.05) is 6.67 Å². The zero-order valence-electron chi connectivity index (χ0n) is 16.9. The number of hydrogen-bond donors (Lipinski definition) is 0. The Kier molecular flexibility index (Phi) is 8.07. The Balaban J connectivity index is 1.36. The second kappa shape index (κ2) is 10.7. The van der Waals surface area contributed by atoms with Gasteiger partial charge in [0.25, 0.3) is 0 Å². The molecule has 28 heavy (non-hydrogen) atoms. The first kappa shape index (κ1) is 21.0. The van der Waals surface area contributed by atoms with Gasteiger partial charge in [-0.1, -0.05) is 31.1 Å². The number of rotatable bonds is 7.